The SMILES string of the molecule is Cc1ccccc1NC(=O)C1CCC(C(=O)N(C)c2ccccc2)CC1. The first-order valence-electron chi connectivity index (χ1n) is 9.25. The van der Waals surface area contributed by atoms with Gasteiger partial charge in [-0.15, -0.1) is 0 Å². The summed E-state index contributed by atoms with van der Waals surface area (Å²) in [7, 11) is 1.83. The normalized spacial score (nSPS) is 19.6. The highest BCUT2D eigenvalue weighted by atomic mass is 16.2. The molecule has 0 saturated heterocycles. The van der Waals surface area contributed by atoms with E-state index < -0.39 is 0 Å². The summed E-state index contributed by atoms with van der Waals surface area (Å²) in [5.74, 6) is 0.207. The van der Waals surface area contributed by atoms with Gasteiger partial charge < -0.3 is 10.2 Å². The largest absolute Gasteiger partial charge is 0.326 e. The number of amides is 2. The molecule has 1 saturated carbocycles. The summed E-state index contributed by atoms with van der Waals surface area (Å²) in [6, 6.07) is 17.5. The summed E-state index contributed by atoms with van der Waals surface area (Å²) in [6.45, 7) is 1.99. The van der Waals surface area contributed by atoms with Crippen molar-refractivity contribution in [1.29, 1.82) is 0 Å². The standard InChI is InChI=1S/C22H26N2O2/c1-16-8-6-7-11-20(16)23-21(25)17-12-14-18(15-13-17)22(26)24(2)19-9-4-3-5-10-19/h3-11,17-18H,12-15H2,1-2H3,(H,23,25). The molecule has 1 N–H and O–H groups in total. The second kappa shape index (κ2) is 8.17. The Morgan fingerprint density at radius 1 is 0.885 bits per heavy atom. The van der Waals surface area contributed by atoms with E-state index >= 15 is 0 Å². The maximum atomic E-state index is 12.7. The van der Waals surface area contributed by atoms with Crippen molar-refractivity contribution >= 4 is 23.2 Å². The molecule has 2 aromatic rings. The van der Waals surface area contributed by atoms with Gasteiger partial charge in [0.2, 0.25) is 11.8 Å². The minimum Gasteiger partial charge on any atom is -0.326 e. The van der Waals surface area contributed by atoms with Crippen LogP contribution in [-0.4, -0.2) is 18.9 Å². The molecule has 1 aliphatic rings. The Morgan fingerprint density at radius 3 is 2.12 bits per heavy atom. The molecule has 4 nitrogen and oxygen atoms in total. The molecular formula is C22H26N2O2. The van der Waals surface area contributed by atoms with Crippen molar-refractivity contribution in [2.24, 2.45) is 11.8 Å². The predicted octanol–water partition coefficient (Wildman–Crippen LogP) is 4.40. The van der Waals surface area contributed by atoms with E-state index in [0.717, 1.165) is 42.6 Å². The molecule has 0 radical (unpaired) electrons. The lowest BCUT2D eigenvalue weighted by Gasteiger charge is -2.30. The molecule has 0 heterocycles. The minimum atomic E-state index is -0.0133. The number of nitrogens with zero attached hydrogens (tertiary/aromatic N) is 1. The molecule has 0 aliphatic heterocycles. The molecule has 1 fully saturated rings. The molecule has 136 valence electrons. The zero-order valence-electron chi connectivity index (χ0n) is 15.4. The van der Waals surface area contributed by atoms with Crippen LogP contribution in [0.25, 0.3) is 0 Å². The van der Waals surface area contributed by atoms with Gasteiger partial charge >= 0.3 is 0 Å². The number of anilines is 2. The van der Waals surface area contributed by atoms with Crippen molar-refractivity contribution in [3.63, 3.8) is 0 Å². The Bertz CT molecular complexity index is 765. The molecular weight excluding hydrogens is 324 g/mol. The second-order valence-corrected chi connectivity index (χ2v) is 7.09. The third kappa shape index (κ3) is 4.13. The van der Waals surface area contributed by atoms with Crippen LogP contribution < -0.4 is 10.2 Å². The summed E-state index contributed by atoms with van der Waals surface area (Å²) < 4.78 is 0. The van der Waals surface area contributed by atoms with E-state index in [4.69, 9.17) is 0 Å². The zero-order chi connectivity index (χ0) is 18.5. The highest BCUT2D eigenvalue weighted by molar-refractivity contribution is 5.95. The number of carbonyl (C=O) groups is 2. The summed E-state index contributed by atoms with van der Waals surface area (Å²) >= 11 is 0. The Hall–Kier alpha value is -2.62. The van der Waals surface area contributed by atoms with Gasteiger partial charge in [-0.2, -0.15) is 0 Å². The monoisotopic (exact) mass is 350 g/mol. The number of benzene rings is 2. The Kier molecular flexibility index (Phi) is 5.71. The number of nitrogens with one attached hydrogen (secondary N) is 1. The van der Waals surface area contributed by atoms with Crippen LogP contribution in [0.4, 0.5) is 11.4 Å². The maximum absolute atomic E-state index is 12.7. The minimum absolute atomic E-state index is 0.00252. The highest BCUT2D eigenvalue weighted by Gasteiger charge is 2.31. The van der Waals surface area contributed by atoms with Crippen LogP contribution in [0.2, 0.25) is 0 Å². The fourth-order valence-corrected chi connectivity index (χ4v) is 3.60. The van der Waals surface area contributed by atoms with Crippen LogP contribution in [0.15, 0.2) is 54.6 Å². The number of hydrogen-bond acceptors (Lipinski definition) is 2. The highest BCUT2D eigenvalue weighted by Crippen LogP contribution is 2.32. The molecule has 2 aromatic carbocycles. The van der Waals surface area contributed by atoms with Gasteiger partial charge in [0.15, 0.2) is 0 Å². The van der Waals surface area contributed by atoms with Gasteiger partial charge in [-0.1, -0.05) is 36.4 Å². The quantitative estimate of drug-likeness (QED) is 0.888. The van der Waals surface area contributed by atoms with Gasteiger partial charge in [0.25, 0.3) is 0 Å². The zero-order valence-corrected chi connectivity index (χ0v) is 15.4. The van der Waals surface area contributed by atoms with Crippen LogP contribution in [0.1, 0.15) is 31.2 Å². The number of hydrogen-bond donors (Lipinski definition) is 1. The van der Waals surface area contributed by atoms with Crippen molar-refractivity contribution in [2.45, 2.75) is 32.6 Å². The fraction of sp³-hybridized carbons (Fsp3) is 0.364. The lowest BCUT2D eigenvalue weighted by molar-refractivity contribution is -0.126. The Morgan fingerprint density at radius 2 is 1.46 bits per heavy atom. The molecule has 2 amide bonds. The molecule has 1 aliphatic carbocycles. The van der Waals surface area contributed by atoms with Gasteiger partial charge in [0, 0.05) is 30.3 Å². The lowest BCUT2D eigenvalue weighted by Crippen LogP contribution is -2.36. The molecule has 0 bridgehead atoms. The molecule has 4 heteroatoms. The average Bonchev–Trinajstić information content (AvgIpc) is 2.69. The van der Waals surface area contributed by atoms with E-state index in [1.54, 1.807) is 4.90 Å². The lowest BCUT2D eigenvalue weighted by atomic mass is 9.81. The van der Waals surface area contributed by atoms with E-state index in [0.29, 0.717) is 0 Å². The number of rotatable bonds is 4. The summed E-state index contributed by atoms with van der Waals surface area (Å²) in [6.07, 6.45) is 3.05. The van der Waals surface area contributed by atoms with E-state index in [2.05, 4.69) is 5.32 Å². The summed E-state index contributed by atoms with van der Waals surface area (Å²) in [5.41, 5.74) is 2.85. The summed E-state index contributed by atoms with van der Waals surface area (Å²) in [4.78, 5) is 27.0. The average molecular weight is 350 g/mol. The van der Waals surface area contributed by atoms with Gasteiger partial charge in [-0.3, -0.25) is 9.59 Å². The van der Waals surface area contributed by atoms with Crippen LogP contribution in [0.5, 0.6) is 0 Å². The van der Waals surface area contributed by atoms with Crippen molar-refractivity contribution in [1.82, 2.24) is 0 Å². The Balaban J connectivity index is 1.54. The smallest absolute Gasteiger partial charge is 0.229 e. The van der Waals surface area contributed by atoms with E-state index in [1.807, 2.05) is 68.6 Å². The molecule has 26 heavy (non-hydrogen) atoms. The van der Waals surface area contributed by atoms with Crippen LogP contribution in [0, 0.1) is 18.8 Å². The number of aryl methyl sites for hydroxylation is 1. The molecule has 3 rings (SSSR count). The molecule has 0 unspecified atom stereocenters. The summed E-state index contributed by atoms with van der Waals surface area (Å²) in [5, 5.41) is 3.04. The first kappa shape index (κ1) is 18.2. The van der Waals surface area contributed by atoms with Crippen LogP contribution in [0.3, 0.4) is 0 Å². The molecule has 0 aromatic heterocycles. The van der Waals surface area contributed by atoms with Gasteiger partial charge in [0.1, 0.15) is 0 Å². The number of carbonyl (C=O) groups excluding carboxylic acids is 2. The topological polar surface area (TPSA) is 49.4 Å². The first-order valence-corrected chi connectivity index (χ1v) is 9.25. The Labute approximate surface area is 155 Å². The first-order chi connectivity index (χ1) is 12.6. The molecule has 0 atom stereocenters. The van der Waals surface area contributed by atoms with E-state index in [1.165, 1.54) is 0 Å². The van der Waals surface area contributed by atoms with Gasteiger partial charge in [-0.25, -0.2) is 0 Å². The predicted molar refractivity (Wildman–Crippen MR) is 105 cm³/mol. The van der Waals surface area contributed by atoms with Gasteiger partial charge in [-0.05, 0) is 56.4 Å². The van der Waals surface area contributed by atoms with Crippen molar-refractivity contribution < 1.29 is 9.59 Å². The third-order valence-electron chi connectivity index (χ3n) is 5.32. The number of para-hydroxylation sites is 2. The van der Waals surface area contributed by atoms with Crippen molar-refractivity contribution in [2.75, 3.05) is 17.3 Å². The van der Waals surface area contributed by atoms with Crippen molar-refractivity contribution in [3.05, 3.63) is 60.2 Å². The molecule has 0 spiro atoms. The van der Waals surface area contributed by atoms with Crippen molar-refractivity contribution in [3.8, 4) is 0 Å². The van der Waals surface area contributed by atoms with Gasteiger partial charge in [0.05, 0.1) is 0 Å². The fourth-order valence-electron chi connectivity index (χ4n) is 3.60. The van der Waals surface area contributed by atoms with E-state index in [9.17, 15) is 9.59 Å². The maximum Gasteiger partial charge on any atom is 0.229 e. The van der Waals surface area contributed by atoms with Crippen LogP contribution in [-0.2, 0) is 9.59 Å². The second-order valence-electron chi connectivity index (χ2n) is 7.09. The van der Waals surface area contributed by atoms with E-state index in [-0.39, 0.29) is 23.7 Å². The van der Waals surface area contributed by atoms with Crippen LogP contribution >= 0.6 is 0 Å². The third-order valence-corrected chi connectivity index (χ3v) is 5.32.